The Morgan fingerprint density at radius 3 is 2.62 bits per heavy atom. The third-order valence-electron chi connectivity index (χ3n) is 4.27. The first-order valence-corrected chi connectivity index (χ1v) is 7.91. The van der Waals surface area contributed by atoms with Crippen molar-refractivity contribution in [2.24, 2.45) is 0 Å². The fourth-order valence-corrected chi connectivity index (χ4v) is 3.33. The molecule has 0 radical (unpaired) electrons. The van der Waals surface area contributed by atoms with Gasteiger partial charge in [0, 0.05) is 19.0 Å². The van der Waals surface area contributed by atoms with Crippen molar-refractivity contribution in [3.63, 3.8) is 0 Å². The Labute approximate surface area is 143 Å². The van der Waals surface area contributed by atoms with Crippen LogP contribution >= 0.6 is 11.6 Å². The monoisotopic (exact) mass is 347 g/mol. The van der Waals surface area contributed by atoms with E-state index >= 15 is 0 Å². The van der Waals surface area contributed by atoms with E-state index in [4.69, 9.17) is 11.6 Å². The quantitative estimate of drug-likeness (QED) is 0.918. The molecule has 1 amide bonds. The lowest BCUT2D eigenvalue weighted by molar-refractivity contribution is 0.0695. The van der Waals surface area contributed by atoms with Crippen molar-refractivity contribution in [2.75, 3.05) is 13.1 Å². The number of carbonyl (C=O) groups is 2. The molecule has 1 heterocycles. The number of carbonyl (C=O) groups excluding carboxylic acids is 1. The number of carboxylic acids is 1. The predicted octanol–water partition coefficient (Wildman–Crippen LogP) is 3.81. The number of hydrogen-bond donors (Lipinski definition) is 1. The van der Waals surface area contributed by atoms with Crippen molar-refractivity contribution in [2.45, 2.75) is 12.3 Å². The minimum Gasteiger partial charge on any atom is -0.478 e. The van der Waals surface area contributed by atoms with Crippen molar-refractivity contribution >= 4 is 23.5 Å². The van der Waals surface area contributed by atoms with Gasteiger partial charge in [-0.05, 0) is 36.2 Å². The Balaban J connectivity index is 1.81. The van der Waals surface area contributed by atoms with Crippen molar-refractivity contribution in [3.05, 3.63) is 70.0 Å². The summed E-state index contributed by atoms with van der Waals surface area (Å²) in [6, 6.07) is 10.5. The van der Waals surface area contributed by atoms with Gasteiger partial charge in [0.05, 0.1) is 16.1 Å². The van der Waals surface area contributed by atoms with Crippen LogP contribution in [0, 0.1) is 5.82 Å². The molecule has 6 heteroatoms. The van der Waals surface area contributed by atoms with Gasteiger partial charge >= 0.3 is 5.97 Å². The van der Waals surface area contributed by atoms with E-state index in [2.05, 4.69) is 0 Å². The van der Waals surface area contributed by atoms with Crippen LogP contribution in [-0.4, -0.2) is 35.0 Å². The summed E-state index contributed by atoms with van der Waals surface area (Å²) < 4.78 is 13.1. The van der Waals surface area contributed by atoms with Crippen molar-refractivity contribution in [1.29, 1.82) is 0 Å². The number of aromatic carboxylic acids is 1. The number of halogens is 2. The second-order valence-corrected chi connectivity index (χ2v) is 6.16. The molecule has 0 aromatic heterocycles. The van der Waals surface area contributed by atoms with Crippen LogP contribution in [0.25, 0.3) is 0 Å². The first-order chi connectivity index (χ1) is 11.5. The molecular weight excluding hydrogens is 333 g/mol. The van der Waals surface area contributed by atoms with Crippen LogP contribution in [0.1, 0.15) is 38.6 Å². The fraction of sp³-hybridized carbons (Fsp3) is 0.222. The van der Waals surface area contributed by atoms with Gasteiger partial charge in [-0.15, -0.1) is 0 Å². The third-order valence-corrected chi connectivity index (χ3v) is 4.58. The van der Waals surface area contributed by atoms with E-state index in [1.54, 1.807) is 29.2 Å². The van der Waals surface area contributed by atoms with Gasteiger partial charge in [0.15, 0.2) is 0 Å². The van der Waals surface area contributed by atoms with Crippen molar-refractivity contribution in [1.82, 2.24) is 4.90 Å². The zero-order valence-electron chi connectivity index (χ0n) is 12.7. The lowest BCUT2D eigenvalue weighted by Gasteiger charge is -2.18. The highest BCUT2D eigenvalue weighted by Gasteiger charge is 2.30. The highest BCUT2D eigenvalue weighted by molar-refractivity contribution is 6.33. The Hall–Kier alpha value is -2.40. The van der Waals surface area contributed by atoms with Gasteiger partial charge in [-0.3, -0.25) is 4.79 Å². The van der Waals surface area contributed by atoms with Gasteiger partial charge in [-0.2, -0.15) is 0 Å². The van der Waals surface area contributed by atoms with Crippen LogP contribution in [0.3, 0.4) is 0 Å². The standard InChI is InChI=1S/C18H15ClFNO3/c19-16-9-12(20)5-6-15(16)17(22)21-8-7-11(10-21)13-3-1-2-4-14(13)18(23)24/h1-6,9,11H,7-8,10H2,(H,23,24)/t11-/m0/s1. The molecule has 1 aliphatic rings. The van der Waals surface area contributed by atoms with Gasteiger partial charge in [0.1, 0.15) is 5.82 Å². The lowest BCUT2D eigenvalue weighted by atomic mass is 9.93. The number of rotatable bonds is 3. The van der Waals surface area contributed by atoms with Gasteiger partial charge in [-0.1, -0.05) is 29.8 Å². The Morgan fingerprint density at radius 1 is 1.17 bits per heavy atom. The van der Waals surface area contributed by atoms with Crippen molar-refractivity contribution in [3.8, 4) is 0 Å². The van der Waals surface area contributed by atoms with E-state index in [0.29, 0.717) is 19.5 Å². The average Bonchev–Trinajstić information content (AvgIpc) is 3.04. The average molecular weight is 348 g/mol. The maximum absolute atomic E-state index is 13.1. The zero-order valence-corrected chi connectivity index (χ0v) is 13.5. The van der Waals surface area contributed by atoms with Gasteiger partial charge in [0.2, 0.25) is 0 Å². The normalized spacial score (nSPS) is 17.1. The summed E-state index contributed by atoms with van der Waals surface area (Å²) in [5, 5.41) is 9.39. The SMILES string of the molecule is O=C(O)c1ccccc1[C@H]1CCN(C(=O)c2ccc(F)cc2Cl)C1. The Morgan fingerprint density at radius 2 is 1.92 bits per heavy atom. The van der Waals surface area contributed by atoms with Gasteiger partial charge in [0.25, 0.3) is 5.91 Å². The van der Waals surface area contributed by atoms with E-state index in [1.165, 1.54) is 12.1 Å². The van der Waals surface area contributed by atoms with Crippen LogP contribution in [0.5, 0.6) is 0 Å². The van der Waals surface area contributed by atoms with E-state index < -0.39 is 11.8 Å². The molecule has 0 bridgehead atoms. The molecule has 1 N–H and O–H groups in total. The molecule has 2 aromatic carbocycles. The van der Waals surface area contributed by atoms with Crippen LogP contribution in [0.4, 0.5) is 4.39 Å². The molecule has 124 valence electrons. The number of hydrogen-bond acceptors (Lipinski definition) is 2. The van der Waals surface area contributed by atoms with E-state index in [0.717, 1.165) is 11.6 Å². The van der Waals surface area contributed by atoms with Crippen LogP contribution in [0.15, 0.2) is 42.5 Å². The van der Waals surface area contributed by atoms with Crippen molar-refractivity contribution < 1.29 is 19.1 Å². The summed E-state index contributed by atoms with van der Waals surface area (Å²) in [6.45, 7) is 0.919. The number of likely N-dealkylation sites (tertiary alicyclic amines) is 1. The largest absolute Gasteiger partial charge is 0.478 e. The van der Waals surface area contributed by atoms with Gasteiger partial charge in [-0.25, -0.2) is 9.18 Å². The topological polar surface area (TPSA) is 57.6 Å². The highest BCUT2D eigenvalue weighted by atomic mass is 35.5. The second-order valence-electron chi connectivity index (χ2n) is 5.75. The fourth-order valence-electron chi connectivity index (χ4n) is 3.08. The summed E-state index contributed by atoms with van der Waals surface area (Å²) in [6.07, 6.45) is 0.675. The molecule has 1 aliphatic heterocycles. The molecule has 0 unspecified atom stereocenters. The summed E-state index contributed by atoms with van der Waals surface area (Å²) in [7, 11) is 0. The summed E-state index contributed by atoms with van der Waals surface area (Å²) in [5.74, 6) is -1.78. The summed E-state index contributed by atoms with van der Waals surface area (Å²) in [4.78, 5) is 25.6. The molecule has 3 rings (SSSR count). The Bertz CT molecular complexity index is 809. The Kier molecular flexibility index (Phi) is 4.53. The molecule has 0 aliphatic carbocycles. The lowest BCUT2D eigenvalue weighted by Crippen LogP contribution is -2.28. The number of carboxylic acid groups (broad SMARTS) is 1. The van der Waals surface area contributed by atoms with Crippen LogP contribution < -0.4 is 0 Å². The molecular formula is C18H15ClFNO3. The molecule has 1 atom stereocenters. The number of benzene rings is 2. The number of amides is 1. The van der Waals surface area contributed by atoms with Crippen LogP contribution in [-0.2, 0) is 0 Å². The summed E-state index contributed by atoms with van der Waals surface area (Å²) >= 11 is 5.96. The minimum absolute atomic E-state index is 0.0412. The maximum Gasteiger partial charge on any atom is 0.335 e. The number of nitrogens with zero attached hydrogens (tertiary/aromatic N) is 1. The van der Waals surface area contributed by atoms with Gasteiger partial charge < -0.3 is 10.0 Å². The predicted molar refractivity (Wildman–Crippen MR) is 88.1 cm³/mol. The molecule has 0 saturated carbocycles. The van der Waals surface area contributed by atoms with E-state index in [9.17, 15) is 19.1 Å². The third kappa shape index (κ3) is 3.12. The smallest absolute Gasteiger partial charge is 0.335 e. The maximum atomic E-state index is 13.1. The van der Waals surface area contributed by atoms with Crippen LogP contribution in [0.2, 0.25) is 5.02 Å². The molecule has 1 fully saturated rings. The molecule has 0 spiro atoms. The highest BCUT2D eigenvalue weighted by Crippen LogP contribution is 2.31. The second kappa shape index (κ2) is 6.61. The molecule has 2 aromatic rings. The molecule has 4 nitrogen and oxygen atoms in total. The van der Waals surface area contributed by atoms with E-state index in [1.807, 2.05) is 0 Å². The minimum atomic E-state index is -0.975. The summed E-state index contributed by atoms with van der Waals surface area (Å²) in [5.41, 5.74) is 1.24. The molecule has 1 saturated heterocycles. The first-order valence-electron chi connectivity index (χ1n) is 7.54. The first kappa shape index (κ1) is 16.5. The zero-order chi connectivity index (χ0) is 17.3. The molecule has 24 heavy (non-hydrogen) atoms. The van der Waals surface area contributed by atoms with E-state index in [-0.39, 0.29) is 28.0 Å².